The summed E-state index contributed by atoms with van der Waals surface area (Å²) in [7, 11) is 0. The zero-order valence-corrected chi connectivity index (χ0v) is 10.9. The Hall–Kier alpha value is -0.160. The fourth-order valence-corrected chi connectivity index (χ4v) is 2.73. The molecule has 1 aromatic heterocycles. The number of thiazole rings is 1. The van der Waals surface area contributed by atoms with Gasteiger partial charge in [0.25, 0.3) is 0 Å². The molecule has 5 heteroatoms. The molecule has 0 saturated heterocycles. The van der Waals surface area contributed by atoms with Gasteiger partial charge in [0.05, 0.1) is 10.7 Å². The zero-order valence-electron chi connectivity index (χ0n) is 6.88. The van der Waals surface area contributed by atoms with Crippen LogP contribution in [0.15, 0.2) is 28.1 Å². The van der Waals surface area contributed by atoms with Crippen molar-refractivity contribution >= 4 is 51.1 Å². The molecule has 1 nitrogen and oxygen atoms in total. The zero-order chi connectivity index (χ0) is 10.1. The molecule has 72 valence electrons. The van der Waals surface area contributed by atoms with E-state index in [4.69, 9.17) is 23.8 Å². The number of aromatic amines is 1. The standard InChI is InChI=1S/C9H5BrClNS2/c10-5-1-2-6(7(11)3-5)8-4-14-9(13)12-8/h1-4H,(H,12,13). The molecule has 1 aromatic carbocycles. The van der Waals surface area contributed by atoms with E-state index in [-0.39, 0.29) is 0 Å². The van der Waals surface area contributed by atoms with E-state index >= 15 is 0 Å². The van der Waals surface area contributed by atoms with Crippen molar-refractivity contribution in [2.24, 2.45) is 0 Å². The molecule has 2 aromatic rings. The summed E-state index contributed by atoms with van der Waals surface area (Å²) in [6.45, 7) is 0. The first-order valence-corrected chi connectivity index (χ1v) is 6.26. The van der Waals surface area contributed by atoms with Crippen LogP contribution in [0, 0.1) is 3.95 Å². The monoisotopic (exact) mass is 305 g/mol. The van der Waals surface area contributed by atoms with E-state index in [1.807, 2.05) is 23.6 Å². The van der Waals surface area contributed by atoms with E-state index in [1.54, 1.807) is 0 Å². The lowest BCUT2D eigenvalue weighted by atomic mass is 10.2. The average Bonchev–Trinajstić information content (AvgIpc) is 2.51. The number of hydrogen-bond acceptors (Lipinski definition) is 2. The lowest BCUT2D eigenvalue weighted by Crippen LogP contribution is -1.79. The molecule has 0 amide bonds. The fraction of sp³-hybridized carbons (Fsp3) is 0. The van der Waals surface area contributed by atoms with Gasteiger partial charge in [0.1, 0.15) is 0 Å². The smallest absolute Gasteiger partial charge is 0.158 e. The predicted octanol–water partition coefficient (Wildman–Crippen LogP) is 4.89. The lowest BCUT2D eigenvalue weighted by Gasteiger charge is -2.01. The van der Waals surface area contributed by atoms with Gasteiger partial charge in [0.15, 0.2) is 3.95 Å². The Kier molecular flexibility index (Phi) is 3.07. The first-order valence-electron chi connectivity index (χ1n) is 3.80. The van der Waals surface area contributed by atoms with Crippen molar-refractivity contribution in [2.75, 3.05) is 0 Å². The van der Waals surface area contributed by atoms with Gasteiger partial charge in [0.2, 0.25) is 0 Å². The Morgan fingerprint density at radius 2 is 2.21 bits per heavy atom. The first kappa shape index (κ1) is 10.4. The third-order valence-electron chi connectivity index (χ3n) is 1.74. The minimum atomic E-state index is 0.712. The Labute approximate surface area is 104 Å². The minimum Gasteiger partial charge on any atom is -0.337 e. The summed E-state index contributed by atoms with van der Waals surface area (Å²) in [5.74, 6) is 0. The van der Waals surface area contributed by atoms with Gasteiger partial charge in [-0.15, -0.1) is 11.3 Å². The molecular weight excluding hydrogens is 302 g/mol. The van der Waals surface area contributed by atoms with Crippen molar-refractivity contribution in [3.63, 3.8) is 0 Å². The van der Waals surface area contributed by atoms with Gasteiger partial charge in [-0.1, -0.05) is 33.6 Å². The van der Waals surface area contributed by atoms with Crippen molar-refractivity contribution < 1.29 is 0 Å². The molecule has 0 saturated carbocycles. The second-order valence-electron chi connectivity index (χ2n) is 2.69. The number of benzene rings is 1. The van der Waals surface area contributed by atoms with Crippen molar-refractivity contribution in [1.29, 1.82) is 0 Å². The summed E-state index contributed by atoms with van der Waals surface area (Å²) in [5, 5.41) is 2.68. The fourth-order valence-electron chi connectivity index (χ4n) is 1.12. The van der Waals surface area contributed by atoms with Crippen LogP contribution in [0.3, 0.4) is 0 Å². The Balaban J connectivity index is 2.57. The van der Waals surface area contributed by atoms with Crippen LogP contribution in [0.1, 0.15) is 0 Å². The normalized spacial score (nSPS) is 10.4. The highest BCUT2D eigenvalue weighted by atomic mass is 79.9. The van der Waals surface area contributed by atoms with Crippen LogP contribution < -0.4 is 0 Å². The Morgan fingerprint density at radius 1 is 1.43 bits per heavy atom. The highest BCUT2D eigenvalue weighted by Crippen LogP contribution is 2.30. The lowest BCUT2D eigenvalue weighted by molar-refractivity contribution is 1.39. The van der Waals surface area contributed by atoms with Crippen LogP contribution in [0.2, 0.25) is 5.02 Å². The number of hydrogen-bond donors (Lipinski definition) is 1. The molecule has 0 aliphatic rings. The molecule has 2 rings (SSSR count). The number of aromatic nitrogens is 1. The third-order valence-corrected chi connectivity index (χ3v) is 3.61. The Morgan fingerprint density at radius 3 is 2.79 bits per heavy atom. The molecular formula is C9H5BrClNS2. The Bertz CT molecular complexity index is 518. The maximum atomic E-state index is 6.09. The maximum absolute atomic E-state index is 6.09. The highest BCUT2D eigenvalue weighted by Gasteiger charge is 2.04. The van der Waals surface area contributed by atoms with E-state index < -0.39 is 0 Å². The van der Waals surface area contributed by atoms with Crippen LogP contribution in [-0.2, 0) is 0 Å². The molecule has 0 fully saturated rings. The van der Waals surface area contributed by atoms with Gasteiger partial charge in [-0.25, -0.2) is 0 Å². The van der Waals surface area contributed by atoms with Crippen LogP contribution >= 0.6 is 51.1 Å². The molecule has 0 aliphatic carbocycles. The highest BCUT2D eigenvalue weighted by molar-refractivity contribution is 9.10. The molecule has 0 atom stereocenters. The second kappa shape index (κ2) is 4.14. The van der Waals surface area contributed by atoms with Gasteiger partial charge in [-0.2, -0.15) is 0 Å². The molecule has 0 radical (unpaired) electrons. The van der Waals surface area contributed by atoms with Gasteiger partial charge >= 0.3 is 0 Å². The third kappa shape index (κ3) is 2.08. The molecule has 1 heterocycles. The molecule has 14 heavy (non-hydrogen) atoms. The van der Waals surface area contributed by atoms with E-state index in [0.717, 1.165) is 19.7 Å². The van der Waals surface area contributed by atoms with E-state index in [9.17, 15) is 0 Å². The topological polar surface area (TPSA) is 15.8 Å². The first-order chi connectivity index (χ1) is 6.66. The summed E-state index contributed by atoms with van der Waals surface area (Å²) in [4.78, 5) is 3.09. The van der Waals surface area contributed by atoms with Crippen molar-refractivity contribution in [3.05, 3.63) is 37.0 Å². The molecule has 0 spiro atoms. The summed E-state index contributed by atoms with van der Waals surface area (Å²) in [5.41, 5.74) is 1.94. The number of rotatable bonds is 1. The molecule has 1 N–H and O–H groups in total. The van der Waals surface area contributed by atoms with Gasteiger partial charge < -0.3 is 4.98 Å². The largest absolute Gasteiger partial charge is 0.337 e. The van der Waals surface area contributed by atoms with E-state index in [1.165, 1.54) is 11.3 Å². The van der Waals surface area contributed by atoms with Crippen molar-refractivity contribution in [3.8, 4) is 11.3 Å². The summed E-state index contributed by atoms with van der Waals surface area (Å²) in [6.07, 6.45) is 0. The maximum Gasteiger partial charge on any atom is 0.158 e. The molecule has 0 bridgehead atoms. The van der Waals surface area contributed by atoms with Crippen molar-refractivity contribution in [1.82, 2.24) is 4.98 Å². The quantitative estimate of drug-likeness (QED) is 0.742. The average molecular weight is 307 g/mol. The van der Waals surface area contributed by atoms with Gasteiger partial charge in [-0.3, -0.25) is 0 Å². The number of H-pyrrole nitrogens is 1. The van der Waals surface area contributed by atoms with E-state index in [2.05, 4.69) is 20.9 Å². The van der Waals surface area contributed by atoms with E-state index in [0.29, 0.717) is 5.02 Å². The van der Waals surface area contributed by atoms with Crippen LogP contribution in [0.25, 0.3) is 11.3 Å². The molecule has 0 aliphatic heterocycles. The SMILES string of the molecule is S=c1[nH]c(-c2ccc(Br)cc2Cl)cs1. The second-order valence-corrected chi connectivity index (χ2v) is 5.56. The summed E-state index contributed by atoms with van der Waals surface area (Å²) in [6, 6.07) is 5.78. The van der Waals surface area contributed by atoms with Crippen LogP contribution in [0.4, 0.5) is 0 Å². The minimum absolute atomic E-state index is 0.712. The van der Waals surface area contributed by atoms with Crippen LogP contribution in [0.5, 0.6) is 0 Å². The molecule has 0 unspecified atom stereocenters. The summed E-state index contributed by atoms with van der Waals surface area (Å²) < 4.78 is 1.74. The van der Waals surface area contributed by atoms with Crippen LogP contribution in [-0.4, -0.2) is 4.98 Å². The van der Waals surface area contributed by atoms with Gasteiger partial charge in [-0.05, 0) is 24.4 Å². The summed E-state index contributed by atoms with van der Waals surface area (Å²) >= 11 is 16.0. The number of nitrogens with one attached hydrogen (secondary N) is 1. The number of halogens is 2. The predicted molar refractivity (Wildman–Crippen MR) is 67.6 cm³/mol. The van der Waals surface area contributed by atoms with Crippen molar-refractivity contribution in [2.45, 2.75) is 0 Å². The van der Waals surface area contributed by atoms with Gasteiger partial charge in [0, 0.05) is 15.4 Å².